The van der Waals surface area contributed by atoms with Crippen LogP contribution < -0.4 is 0 Å². The summed E-state index contributed by atoms with van der Waals surface area (Å²) in [4.78, 5) is 11.6. The van der Waals surface area contributed by atoms with Gasteiger partial charge in [-0.1, -0.05) is 17.3 Å². The maximum atomic E-state index is 11.6. The Labute approximate surface area is 102 Å². The topological polar surface area (TPSA) is 68.0 Å². The largest absolute Gasteiger partial charge is 0.479 e. The third-order valence-corrected chi connectivity index (χ3v) is 4.33. The number of benzene rings is 1. The van der Waals surface area contributed by atoms with Crippen molar-refractivity contribution in [1.29, 1.82) is 0 Å². The molecule has 0 spiro atoms. The number of aromatic nitrogens is 3. The van der Waals surface area contributed by atoms with E-state index in [1.165, 1.54) is 0 Å². The van der Waals surface area contributed by atoms with Crippen molar-refractivity contribution in [1.82, 2.24) is 15.0 Å². The predicted octanol–water partition coefficient (Wildman–Crippen LogP) is 1.35. The highest BCUT2D eigenvalue weighted by Crippen LogP contribution is 2.36. The van der Waals surface area contributed by atoms with Crippen LogP contribution in [0.1, 0.15) is 6.42 Å². The van der Waals surface area contributed by atoms with Crippen LogP contribution >= 0.6 is 11.8 Å². The van der Waals surface area contributed by atoms with E-state index in [0.29, 0.717) is 12.2 Å². The summed E-state index contributed by atoms with van der Waals surface area (Å²) in [5.74, 6) is 0.578. The summed E-state index contributed by atoms with van der Waals surface area (Å²) in [5.41, 5.74) is 0.600. The van der Waals surface area contributed by atoms with Crippen molar-refractivity contribution in [3.8, 4) is 0 Å². The fourth-order valence-corrected chi connectivity index (χ4v) is 3.52. The molecule has 2 aromatic rings. The van der Waals surface area contributed by atoms with Gasteiger partial charge in [-0.15, -0.1) is 5.10 Å². The minimum absolute atomic E-state index is 0.551. The number of para-hydroxylation sites is 1. The van der Waals surface area contributed by atoms with E-state index in [-0.39, 0.29) is 0 Å². The lowest BCUT2D eigenvalue weighted by Gasteiger charge is -2.23. The Kier molecular flexibility index (Phi) is 2.32. The molecule has 1 aromatic heterocycles. The van der Waals surface area contributed by atoms with Gasteiger partial charge in [0.05, 0.1) is 5.52 Å². The van der Waals surface area contributed by atoms with Crippen molar-refractivity contribution in [2.24, 2.45) is 0 Å². The quantitative estimate of drug-likeness (QED) is 0.870. The number of aliphatic carboxylic acids is 1. The number of nitrogens with zero attached hydrogens (tertiary/aromatic N) is 3. The van der Waals surface area contributed by atoms with Gasteiger partial charge in [0.2, 0.25) is 0 Å². The molecule has 0 amide bonds. The Balaban J connectivity index is 2.22. The van der Waals surface area contributed by atoms with Crippen LogP contribution in [-0.2, 0) is 10.3 Å². The summed E-state index contributed by atoms with van der Waals surface area (Å²) in [7, 11) is 0. The molecule has 1 aliphatic heterocycles. The molecule has 5 nitrogen and oxygen atoms in total. The fraction of sp³-hybridized carbons (Fsp3) is 0.364. The molecule has 0 aliphatic carbocycles. The van der Waals surface area contributed by atoms with E-state index in [4.69, 9.17) is 0 Å². The molecule has 2 heterocycles. The van der Waals surface area contributed by atoms with Crippen LogP contribution in [0.4, 0.5) is 0 Å². The van der Waals surface area contributed by atoms with Gasteiger partial charge in [0.25, 0.3) is 0 Å². The zero-order valence-electron chi connectivity index (χ0n) is 9.04. The SMILES string of the molecule is O=C(O)C1(n2nnc3ccccc32)CCSC1. The highest BCUT2D eigenvalue weighted by atomic mass is 32.2. The molecule has 17 heavy (non-hydrogen) atoms. The first-order valence-corrected chi connectivity index (χ1v) is 6.52. The minimum atomic E-state index is -0.930. The second-order valence-electron chi connectivity index (χ2n) is 4.13. The summed E-state index contributed by atoms with van der Waals surface area (Å²) < 4.78 is 1.57. The van der Waals surface area contributed by atoms with Crippen LogP contribution in [0.25, 0.3) is 11.0 Å². The molecule has 1 aliphatic rings. The lowest BCUT2D eigenvalue weighted by molar-refractivity contribution is -0.146. The molecule has 1 aromatic carbocycles. The van der Waals surface area contributed by atoms with Crippen molar-refractivity contribution in [3.05, 3.63) is 24.3 Å². The molecule has 1 unspecified atom stereocenters. The van der Waals surface area contributed by atoms with E-state index in [9.17, 15) is 9.90 Å². The van der Waals surface area contributed by atoms with E-state index in [2.05, 4.69) is 10.3 Å². The van der Waals surface area contributed by atoms with Crippen molar-refractivity contribution < 1.29 is 9.90 Å². The summed E-state index contributed by atoms with van der Waals surface area (Å²) in [6, 6.07) is 7.46. The normalized spacial score (nSPS) is 24.2. The predicted molar refractivity (Wildman–Crippen MR) is 65.1 cm³/mol. The van der Waals surface area contributed by atoms with E-state index in [0.717, 1.165) is 16.8 Å². The van der Waals surface area contributed by atoms with Gasteiger partial charge in [-0.3, -0.25) is 0 Å². The Morgan fingerprint density at radius 2 is 2.29 bits per heavy atom. The Hall–Kier alpha value is -1.56. The average molecular weight is 249 g/mol. The summed E-state index contributed by atoms with van der Waals surface area (Å²) in [6.07, 6.45) is 0.598. The molecular weight excluding hydrogens is 238 g/mol. The monoisotopic (exact) mass is 249 g/mol. The van der Waals surface area contributed by atoms with Gasteiger partial charge in [-0.2, -0.15) is 11.8 Å². The number of thioether (sulfide) groups is 1. The smallest absolute Gasteiger partial charge is 0.332 e. The number of carboxylic acid groups (broad SMARTS) is 1. The average Bonchev–Trinajstić information content (AvgIpc) is 2.95. The first kappa shape index (κ1) is 10.6. The molecule has 6 heteroatoms. The van der Waals surface area contributed by atoms with Gasteiger partial charge >= 0.3 is 5.97 Å². The van der Waals surface area contributed by atoms with Gasteiger partial charge in [0.1, 0.15) is 5.52 Å². The minimum Gasteiger partial charge on any atom is -0.479 e. The van der Waals surface area contributed by atoms with E-state index in [1.807, 2.05) is 24.3 Å². The van der Waals surface area contributed by atoms with Crippen LogP contribution in [0.2, 0.25) is 0 Å². The Morgan fingerprint density at radius 3 is 3.00 bits per heavy atom. The van der Waals surface area contributed by atoms with Crippen LogP contribution in [0.3, 0.4) is 0 Å². The van der Waals surface area contributed by atoms with Crippen LogP contribution in [0.15, 0.2) is 24.3 Å². The molecule has 1 N–H and O–H groups in total. The number of hydrogen-bond acceptors (Lipinski definition) is 4. The van der Waals surface area contributed by atoms with Crippen molar-refractivity contribution in [2.45, 2.75) is 12.0 Å². The molecule has 88 valence electrons. The maximum Gasteiger partial charge on any atom is 0.332 e. The van der Waals surface area contributed by atoms with Crippen LogP contribution in [-0.4, -0.2) is 37.6 Å². The molecule has 1 fully saturated rings. The lowest BCUT2D eigenvalue weighted by Crippen LogP contribution is -2.42. The number of fused-ring (bicyclic) bond motifs is 1. The summed E-state index contributed by atoms with van der Waals surface area (Å²) >= 11 is 1.65. The first-order chi connectivity index (χ1) is 8.24. The van der Waals surface area contributed by atoms with Crippen molar-refractivity contribution in [3.63, 3.8) is 0 Å². The second kappa shape index (κ2) is 3.73. The van der Waals surface area contributed by atoms with Crippen molar-refractivity contribution >= 4 is 28.8 Å². The summed E-state index contributed by atoms with van der Waals surface area (Å²) in [5, 5.41) is 17.6. The van der Waals surface area contributed by atoms with Gasteiger partial charge in [0, 0.05) is 5.75 Å². The third kappa shape index (κ3) is 1.44. The van der Waals surface area contributed by atoms with Crippen molar-refractivity contribution in [2.75, 3.05) is 11.5 Å². The maximum absolute atomic E-state index is 11.6. The van der Waals surface area contributed by atoms with Gasteiger partial charge in [-0.05, 0) is 24.3 Å². The number of carbonyl (C=O) groups is 1. The zero-order chi connectivity index (χ0) is 11.9. The van der Waals surface area contributed by atoms with E-state index in [1.54, 1.807) is 16.4 Å². The third-order valence-electron chi connectivity index (χ3n) is 3.16. The highest BCUT2D eigenvalue weighted by molar-refractivity contribution is 7.99. The molecule has 0 radical (unpaired) electrons. The molecule has 1 atom stereocenters. The van der Waals surface area contributed by atoms with Gasteiger partial charge in [0.15, 0.2) is 5.54 Å². The first-order valence-electron chi connectivity index (χ1n) is 5.36. The van der Waals surface area contributed by atoms with Gasteiger partial charge < -0.3 is 5.11 Å². The zero-order valence-corrected chi connectivity index (χ0v) is 9.85. The number of rotatable bonds is 2. The molecule has 1 saturated heterocycles. The standard InChI is InChI=1S/C11H11N3O2S/c15-10(16)11(5-6-17-7-11)14-9-4-2-1-3-8(9)12-13-14/h1-4H,5-7H2,(H,15,16). The highest BCUT2D eigenvalue weighted by Gasteiger charge is 2.45. The van der Waals surface area contributed by atoms with Crippen LogP contribution in [0, 0.1) is 0 Å². The summed E-state index contributed by atoms with van der Waals surface area (Å²) in [6.45, 7) is 0. The van der Waals surface area contributed by atoms with Crippen LogP contribution in [0.5, 0.6) is 0 Å². The molecule has 0 bridgehead atoms. The Morgan fingerprint density at radius 1 is 1.47 bits per heavy atom. The number of carboxylic acids is 1. The van der Waals surface area contributed by atoms with E-state index < -0.39 is 11.5 Å². The van der Waals surface area contributed by atoms with Gasteiger partial charge in [-0.25, -0.2) is 9.48 Å². The number of hydrogen-bond donors (Lipinski definition) is 1. The Bertz CT molecular complexity index is 575. The second-order valence-corrected chi connectivity index (χ2v) is 5.23. The molecule has 0 saturated carbocycles. The van der Waals surface area contributed by atoms with E-state index >= 15 is 0 Å². The fourth-order valence-electron chi connectivity index (χ4n) is 2.17. The molecular formula is C11H11N3O2S. The molecule has 3 rings (SSSR count). The lowest BCUT2D eigenvalue weighted by atomic mass is 9.99.